The molecule has 0 aliphatic carbocycles. The monoisotopic (exact) mass is 235 g/mol. The first-order valence-electron chi connectivity index (χ1n) is 3.41. The summed E-state index contributed by atoms with van der Waals surface area (Å²) < 4.78 is 0.823. The van der Waals surface area contributed by atoms with Crippen LogP contribution < -0.4 is 5.32 Å². The van der Waals surface area contributed by atoms with E-state index in [9.17, 15) is 0 Å². The Labute approximate surface area is 78.4 Å². The fraction of sp³-hybridized carbons (Fsp3) is 0.667. The number of anilines is 1. The molecule has 0 amide bonds. The van der Waals surface area contributed by atoms with Crippen LogP contribution in [0.4, 0.5) is 5.13 Å². The van der Waals surface area contributed by atoms with Crippen LogP contribution in [0.5, 0.6) is 0 Å². The molecule has 0 saturated carbocycles. The number of nitrogens with zero attached hydrogens (tertiary/aromatic N) is 2. The molecule has 0 saturated heterocycles. The van der Waals surface area contributed by atoms with Crippen LogP contribution in [0, 0.1) is 5.92 Å². The van der Waals surface area contributed by atoms with Crippen molar-refractivity contribution in [2.45, 2.75) is 13.8 Å². The SMILES string of the molecule is CC(C)CNc1nnc(Br)s1. The van der Waals surface area contributed by atoms with E-state index in [0.717, 1.165) is 15.6 Å². The molecule has 0 aliphatic rings. The maximum Gasteiger partial charge on any atom is 0.206 e. The molecule has 62 valence electrons. The van der Waals surface area contributed by atoms with Crippen molar-refractivity contribution in [3.05, 3.63) is 3.92 Å². The van der Waals surface area contributed by atoms with Crippen molar-refractivity contribution in [3.8, 4) is 0 Å². The molecule has 0 atom stereocenters. The molecule has 1 rings (SSSR count). The third-order valence-corrected chi connectivity index (χ3v) is 2.38. The first-order chi connectivity index (χ1) is 5.18. The molecule has 0 aromatic carbocycles. The maximum absolute atomic E-state index is 3.90. The average Bonchev–Trinajstić information content (AvgIpc) is 2.31. The van der Waals surface area contributed by atoms with Gasteiger partial charge >= 0.3 is 0 Å². The van der Waals surface area contributed by atoms with E-state index in [-0.39, 0.29) is 0 Å². The molecular formula is C6H10BrN3S. The minimum Gasteiger partial charge on any atom is -0.360 e. The number of hydrogen-bond donors (Lipinski definition) is 1. The van der Waals surface area contributed by atoms with Crippen molar-refractivity contribution in [2.75, 3.05) is 11.9 Å². The highest BCUT2D eigenvalue weighted by molar-refractivity contribution is 9.11. The zero-order valence-electron chi connectivity index (χ0n) is 6.47. The second kappa shape index (κ2) is 4.01. The van der Waals surface area contributed by atoms with Gasteiger partial charge in [0.2, 0.25) is 5.13 Å². The Morgan fingerprint density at radius 2 is 2.27 bits per heavy atom. The minimum absolute atomic E-state index is 0.637. The second-order valence-electron chi connectivity index (χ2n) is 2.63. The van der Waals surface area contributed by atoms with Gasteiger partial charge in [0, 0.05) is 6.54 Å². The molecule has 1 aromatic heterocycles. The zero-order chi connectivity index (χ0) is 8.27. The lowest BCUT2D eigenvalue weighted by Crippen LogP contribution is -2.07. The molecule has 3 nitrogen and oxygen atoms in total. The number of aromatic nitrogens is 2. The van der Waals surface area contributed by atoms with E-state index < -0.39 is 0 Å². The molecule has 0 bridgehead atoms. The summed E-state index contributed by atoms with van der Waals surface area (Å²) in [5.41, 5.74) is 0. The van der Waals surface area contributed by atoms with E-state index in [1.165, 1.54) is 11.3 Å². The van der Waals surface area contributed by atoms with Gasteiger partial charge in [-0.25, -0.2) is 0 Å². The summed E-state index contributed by atoms with van der Waals surface area (Å²) in [7, 11) is 0. The fourth-order valence-electron chi connectivity index (χ4n) is 0.568. The van der Waals surface area contributed by atoms with E-state index in [1.807, 2.05) is 0 Å². The van der Waals surface area contributed by atoms with E-state index in [2.05, 4.69) is 45.3 Å². The quantitative estimate of drug-likeness (QED) is 0.875. The summed E-state index contributed by atoms with van der Waals surface area (Å²) >= 11 is 4.76. The third-order valence-electron chi connectivity index (χ3n) is 1.06. The Balaban J connectivity index is 2.39. The zero-order valence-corrected chi connectivity index (χ0v) is 8.87. The van der Waals surface area contributed by atoms with Gasteiger partial charge in [-0.2, -0.15) is 0 Å². The summed E-state index contributed by atoms with van der Waals surface area (Å²) in [5.74, 6) is 0.637. The van der Waals surface area contributed by atoms with Gasteiger partial charge in [0.05, 0.1) is 0 Å². The average molecular weight is 236 g/mol. The van der Waals surface area contributed by atoms with Crippen LogP contribution in [0.15, 0.2) is 3.92 Å². The van der Waals surface area contributed by atoms with Crippen LogP contribution in [0.3, 0.4) is 0 Å². The standard InChI is InChI=1S/C6H10BrN3S/c1-4(2)3-8-6-10-9-5(7)11-6/h4H,3H2,1-2H3,(H,8,10). The molecule has 1 aromatic rings. The minimum atomic E-state index is 0.637. The first kappa shape index (κ1) is 8.93. The Bertz CT molecular complexity index is 223. The number of hydrogen-bond acceptors (Lipinski definition) is 4. The maximum atomic E-state index is 3.90. The number of halogens is 1. The molecule has 0 fully saturated rings. The van der Waals surface area contributed by atoms with Gasteiger partial charge in [0.25, 0.3) is 0 Å². The molecular weight excluding hydrogens is 226 g/mol. The summed E-state index contributed by atoms with van der Waals surface area (Å²) in [6.07, 6.45) is 0. The van der Waals surface area contributed by atoms with Crippen molar-refractivity contribution in [1.29, 1.82) is 0 Å². The van der Waals surface area contributed by atoms with Crippen molar-refractivity contribution in [3.63, 3.8) is 0 Å². The summed E-state index contributed by atoms with van der Waals surface area (Å²) in [5, 5.41) is 11.8. The van der Waals surface area contributed by atoms with Gasteiger partial charge in [-0.1, -0.05) is 25.2 Å². The van der Waals surface area contributed by atoms with Crippen LogP contribution in [0.2, 0.25) is 0 Å². The van der Waals surface area contributed by atoms with Crippen molar-refractivity contribution in [1.82, 2.24) is 10.2 Å². The number of rotatable bonds is 3. The van der Waals surface area contributed by atoms with Crippen molar-refractivity contribution >= 4 is 32.4 Å². The Hall–Kier alpha value is -0.160. The second-order valence-corrected chi connectivity index (χ2v) is 4.89. The summed E-state index contributed by atoms with van der Waals surface area (Å²) in [4.78, 5) is 0. The van der Waals surface area contributed by atoms with E-state index in [4.69, 9.17) is 0 Å². The Morgan fingerprint density at radius 1 is 1.55 bits per heavy atom. The van der Waals surface area contributed by atoms with Gasteiger partial charge < -0.3 is 5.32 Å². The van der Waals surface area contributed by atoms with Gasteiger partial charge in [-0.3, -0.25) is 0 Å². The molecule has 1 N–H and O–H groups in total. The summed E-state index contributed by atoms with van der Waals surface area (Å²) in [6, 6.07) is 0. The molecule has 0 aliphatic heterocycles. The van der Waals surface area contributed by atoms with Gasteiger partial charge in [-0.15, -0.1) is 10.2 Å². The van der Waals surface area contributed by atoms with Crippen molar-refractivity contribution in [2.24, 2.45) is 5.92 Å². The van der Waals surface area contributed by atoms with Crippen LogP contribution >= 0.6 is 27.3 Å². The van der Waals surface area contributed by atoms with Crippen molar-refractivity contribution < 1.29 is 0 Å². The van der Waals surface area contributed by atoms with Gasteiger partial charge in [-0.05, 0) is 21.8 Å². The predicted molar refractivity (Wildman–Crippen MR) is 50.9 cm³/mol. The third kappa shape index (κ3) is 3.16. The molecule has 0 unspecified atom stereocenters. The highest BCUT2D eigenvalue weighted by atomic mass is 79.9. The van der Waals surface area contributed by atoms with Crippen LogP contribution in [-0.2, 0) is 0 Å². The predicted octanol–water partition coefficient (Wildman–Crippen LogP) is 2.37. The van der Waals surface area contributed by atoms with Crippen LogP contribution in [0.1, 0.15) is 13.8 Å². The van der Waals surface area contributed by atoms with E-state index >= 15 is 0 Å². The lowest BCUT2D eigenvalue weighted by atomic mass is 10.2. The first-order valence-corrected chi connectivity index (χ1v) is 5.02. The van der Waals surface area contributed by atoms with Crippen LogP contribution in [0.25, 0.3) is 0 Å². The van der Waals surface area contributed by atoms with E-state index in [0.29, 0.717) is 5.92 Å². The topological polar surface area (TPSA) is 37.8 Å². The molecule has 5 heteroatoms. The molecule has 1 heterocycles. The lowest BCUT2D eigenvalue weighted by Gasteiger charge is -2.03. The highest BCUT2D eigenvalue weighted by Gasteiger charge is 2.00. The Morgan fingerprint density at radius 3 is 2.73 bits per heavy atom. The largest absolute Gasteiger partial charge is 0.360 e. The molecule has 0 spiro atoms. The van der Waals surface area contributed by atoms with Gasteiger partial charge in [0.15, 0.2) is 3.92 Å². The fourth-order valence-corrected chi connectivity index (χ4v) is 1.59. The highest BCUT2D eigenvalue weighted by Crippen LogP contribution is 2.19. The molecule has 0 radical (unpaired) electrons. The summed E-state index contributed by atoms with van der Waals surface area (Å²) in [6.45, 7) is 5.26. The number of nitrogens with one attached hydrogen (secondary N) is 1. The van der Waals surface area contributed by atoms with Crippen LogP contribution in [-0.4, -0.2) is 16.7 Å². The van der Waals surface area contributed by atoms with Gasteiger partial charge in [0.1, 0.15) is 0 Å². The Kier molecular flexibility index (Phi) is 3.26. The molecule has 11 heavy (non-hydrogen) atoms. The smallest absolute Gasteiger partial charge is 0.206 e. The van der Waals surface area contributed by atoms with E-state index in [1.54, 1.807) is 0 Å². The lowest BCUT2D eigenvalue weighted by molar-refractivity contribution is 0.687. The normalized spacial score (nSPS) is 10.5.